The van der Waals surface area contributed by atoms with Crippen LogP contribution in [0.1, 0.15) is 31.9 Å². The van der Waals surface area contributed by atoms with Crippen LogP contribution in [0.15, 0.2) is 78.8 Å². The van der Waals surface area contributed by atoms with E-state index in [0.717, 1.165) is 28.8 Å². The van der Waals surface area contributed by atoms with Crippen molar-refractivity contribution in [3.63, 3.8) is 0 Å². The second-order valence-electron chi connectivity index (χ2n) is 7.73. The maximum atomic E-state index is 8.73. The highest BCUT2D eigenvalue weighted by Crippen LogP contribution is 2.23. The first kappa shape index (κ1) is 23.5. The summed E-state index contributed by atoms with van der Waals surface area (Å²) >= 11 is 0. The minimum Gasteiger partial charge on any atom is -0.404 e. The van der Waals surface area contributed by atoms with Crippen molar-refractivity contribution in [3.05, 3.63) is 89.9 Å². The van der Waals surface area contributed by atoms with E-state index in [4.69, 9.17) is 16.9 Å². The molecule has 8 heteroatoms. The van der Waals surface area contributed by atoms with Crippen LogP contribution in [0.25, 0.3) is 16.6 Å². The summed E-state index contributed by atoms with van der Waals surface area (Å²) in [6, 6.07) is 9.25. The zero-order valence-electron chi connectivity index (χ0n) is 19.1. The van der Waals surface area contributed by atoms with E-state index in [9.17, 15) is 0 Å². The lowest BCUT2D eigenvalue weighted by molar-refractivity contribution is 0.786. The smallest absolute Gasteiger partial charge is 0.132 e. The number of rotatable bonds is 9. The molecule has 0 radical (unpaired) electrons. The molecule has 0 atom stereocenters. The molecule has 0 fully saturated rings. The first-order valence-corrected chi connectivity index (χ1v) is 10.8. The van der Waals surface area contributed by atoms with E-state index in [2.05, 4.69) is 25.6 Å². The summed E-state index contributed by atoms with van der Waals surface area (Å²) in [6.07, 6.45) is 10.3. The van der Waals surface area contributed by atoms with Crippen molar-refractivity contribution < 1.29 is 0 Å². The van der Waals surface area contributed by atoms with Gasteiger partial charge in [-0.25, -0.2) is 4.98 Å². The van der Waals surface area contributed by atoms with Gasteiger partial charge in [0.25, 0.3) is 0 Å². The lowest BCUT2D eigenvalue weighted by Gasteiger charge is -2.12. The lowest BCUT2D eigenvalue weighted by Crippen LogP contribution is -2.12. The fourth-order valence-electron chi connectivity index (χ4n) is 3.17. The van der Waals surface area contributed by atoms with Crippen molar-refractivity contribution in [3.8, 4) is 0 Å². The van der Waals surface area contributed by atoms with Crippen molar-refractivity contribution in [2.24, 2.45) is 17.4 Å². The van der Waals surface area contributed by atoms with Gasteiger partial charge in [-0.05, 0) is 61.0 Å². The van der Waals surface area contributed by atoms with Crippen molar-refractivity contribution >= 4 is 28.1 Å². The Morgan fingerprint density at radius 1 is 1.12 bits per heavy atom. The Bertz CT molecular complexity index is 1210. The minimum atomic E-state index is 0.254. The number of allylic oxidation sites excluding steroid dienone is 3. The van der Waals surface area contributed by atoms with Gasteiger partial charge in [0.2, 0.25) is 0 Å². The van der Waals surface area contributed by atoms with Crippen LogP contribution in [0.4, 0.5) is 5.82 Å². The highest BCUT2D eigenvalue weighted by Gasteiger charge is 2.13. The van der Waals surface area contributed by atoms with Gasteiger partial charge in [0, 0.05) is 48.0 Å². The second kappa shape index (κ2) is 10.9. The number of aromatic nitrogens is 3. The van der Waals surface area contributed by atoms with Crippen LogP contribution in [0.3, 0.4) is 0 Å². The Balaban J connectivity index is 1.95. The van der Waals surface area contributed by atoms with E-state index >= 15 is 0 Å². The van der Waals surface area contributed by atoms with Crippen molar-refractivity contribution in [2.45, 2.75) is 20.8 Å². The molecular formula is C25H30N8. The molecule has 3 aromatic heterocycles. The van der Waals surface area contributed by atoms with Crippen LogP contribution in [0, 0.1) is 11.3 Å². The third-order valence-corrected chi connectivity index (χ3v) is 4.99. The van der Waals surface area contributed by atoms with E-state index in [1.54, 1.807) is 30.9 Å². The number of fused-ring (bicyclic) bond motifs is 1. The average molecular weight is 443 g/mol. The SMILES string of the molecule is CCN/C=C(\C(=N)c1ccncc1)c1cnc2ccc(N/C(N)=C/C(=C\N)C(C)C)nc2c1. The summed E-state index contributed by atoms with van der Waals surface area (Å²) in [4.78, 5) is 13.3. The van der Waals surface area contributed by atoms with E-state index in [1.165, 1.54) is 0 Å². The Morgan fingerprint density at radius 3 is 2.55 bits per heavy atom. The van der Waals surface area contributed by atoms with Crippen LogP contribution in [-0.4, -0.2) is 27.2 Å². The fourth-order valence-corrected chi connectivity index (χ4v) is 3.17. The third kappa shape index (κ3) is 5.94. The van der Waals surface area contributed by atoms with Gasteiger partial charge in [0.1, 0.15) is 11.6 Å². The number of nitrogens with two attached hydrogens (primary N) is 2. The van der Waals surface area contributed by atoms with E-state index < -0.39 is 0 Å². The van der Waals surface area contributed by atoms with Crippen LogP contribution < -0.4 is 22.1 Å². The highest BCUT2D eigenvalue weighted by atomic mass is 15.1. The van der Waals surface area contributed by atoms with Gasteiger partial charge >= 0.3 is 0 Å². The Hall–Kier alpha value is -4.20. The normalized spacial score (nSPS) is 12.8. The molecule has 8 nitrogen and oxygen atoms in total. The highest BCUT2D eigenvalue weighted by molar-refractivity contribution is 6.30. The van der Waals surface area contributed by atoms with Gasteiger partial charge < -0.3 is 22.1 Å². The number of anilines is 1. The molecule has 0 unspecified atom stereocenters. The average Bonchev–Trinajstić information content (AvgIpc) is 2.82. The molecule has 170 valence electrons. The number of pyridine rings is 3. The first-order chi connectivity index (χ1) is 15.9. The zero-order valence-corrected chi connectivity index (χ0v) is 19.1. The maximum Gasteiger partial charge on any atom is 0.132 e. The quantitative estimate of drug-likeness (QED) is 0.251. The zero-order chi connectivity index (χ0) is 23.8. The summed E-state index contributed by atoms with van der Waals surface area (Å²) in [5, 5.41) is 15.0. The molecule has 0 saturated heterocycles. The molecule has 3 aromatic rings. The summed E-state index contributed by atoms with van der Waals surface area (Å²) in [5.74, 6) is 1.30. The molecule has 33 heavy (non-hydrogen) atoms. The van der Waals surface area contributed by atoms with E-state index in [1.807, 2.05) is 57.3 Å². The molecular weight excluding hydrogens is 412 g/mol. The first-order valence-electron chi connectivity index (χ1n) is 10.8. The molecule has 0 spiro atoms. The van der Waals surface area contributed by atoms with Crippen LogP contribution >= 0.6 is 0 Å². The van der Waals surface area contributed by atoms with E-state index in [-0.39, 0.29) is 5.92 Å². The number of nitrogens with one attached hydrogen (secondary N) is 3. The molecule has 3 heterocycles. The minimum absolute atomic E-state index is 0.254. The lowest BCUT2D eigenvalue weighted by atomic mass is 9.98. The monoisotopic (exact) mass is 442 g/mol. The third-order valence-electron chi connectivity index (χ3n) is 4.99. The second-order valence-corrected chi connectivity index (χ2v) is 7.73. The molecule has 0 saturated carbocycles. The predicted octanol–water partition coefficient (Wildman–Crippen LogP) is 3.75. The number of nitrogens with zero attached hydrogens (tertiary/aromatic N) is 3. The van der Waals surface area contributed by atoms with Gasteiger partial charge in [0.05, 0.1) is 16.7 Å². The molecule has 7 N–H and O–H groups in total. The molecule has 0 amide bonds. The number of hydrogen-bond donors (Lipinski definition) is 5. The number of hydrogen-bond acceptors (Lipinski definition) is 8. The summed E-state index contributed by atoms with van der Waals surface area (Å²) in [6.45, 7) is 6.84. The molecule has 3 rings (SSSR count). The van der Waals surface area contributed by atoms with Crippen LogP contribution in [0.5, 0.6) is 0 Å². The molecule has 0 aliphatic carbocycles. The molecule has 0 aliphatic heterocycles. The fraction of sp³-hybridized carbons (Fsp3) is 0.200. The van der Waals surface area contributed by atoms with Crippen molar-refractivity contribution in [2.75, 3.05) is 11.9 Å². The molecule has 0 bridgehead atoms. The Morgan fingerprint density at radius 2 is 1.88 bits per heavy atom. The van der Waals surface area contributed by atoms with E-state index in [0.29, 0.717) is 28.4 Å². The topological polar surface area (TPSA) is 139 Å². The van der Waals surface area contributed by atoms with Crippen LogP contribution in [0.2, 0.25) is 0 Å². The standard InChI is InChI=1S/C25H30N8/c1-4-29-15-20(25(28)17-7-9-30-10-8-17)19-11-22-21(31-14-19)5-6-24(32-22)33-23(27)12-18(13-26)16(2)3/h5-16,28-29H,4,26-27H2,1-3H3,(H,32,33)/b18-13+,20-15-,23-12+,28-25?. The molecule has 0 aliphatic rings. The largest absolute Gasteiger partial charge is 0.404 e. The predicted molar refractivity (Wildman–Crippen MR) is 135 cm³/mol. The summed E-state index contributed by atoms with van der Waals surface area (Å²) in [5.41, 5.74) is 16.8. The Kier molecular flexibility index (Phi) is 7.75. The summed E-state index contributed by atoms with van der Waals surface area (Å²) in [7, 11) is 0. The van der Waals surface area contributed by atoms with Gasteiger partial charge in [-0.1, -0.05) is 13.8 Å². The van der Waals surface area contributed by atoms with Gasteiger partial charge in [0.15, 0.2) is 0 Å². The van der Waals surface area contributed by atoms with Gasteiger partial charge in [-0.15, -0.1) is 0 Å². The maximum absolute atomic E-state index is 8.73. The van der Waals surface area contributed by atoms with Crippen LogP contribution in [-0.2, 0) is 0 Å². The Labute approximate surface area is 194 Å². The van der Waals surface area contributed by atoms with Crippen molar-refractivity contribution in [1.82, 2.24) is 20.3 Å². The molecule has 0 aromatic carbocycles. The van der Waals surface area contributed by atoms with Gasteiger partial charge in [-0.3, -0.25) is 15.4 Å². The summed E-state index contributed by atoms with van der Waals surface area (Å²) < 4.78 is 0. The van der Waals surface area contributed by atoms with Crippen molar-refractivity contribution in [1.29, 1.82) is 5.41 Å². The van der Waals surface area contributed by atoms with Gasteiger partial charge in [-0.2, -0.15) is 0 Å².